The second-order valence-corrected chi connectivity index (χ2v) is 8.59. The molecule has 0 aromatic heterocycles. The van der Waals surface area contributed by atoms with Gasteiger partial charge in [-0.15, -0.1) is 0 Å². The highest BCUT2D eigenvalue weighted by molar-refractivity contribution is 7.92. The highest BCUT2D eigenvalue weighted by Gasteiger charge is 2.27. The molecular weight excluding hydrogens is 372 g/mol. The summed E-state index contributed by atoms with van der Waals surface area (Å²) in [6.07, 6.45) is 0. The van der Waals surface area contributed by atoms with Crippen molar-refractivity contribution in [1.82, 2.24) is 0 Å². The van der Waals surface area contributed by atoms with E-state index in [1.165, 1.54) is 4.31 Å². The monoisotopic (exact) mass is 394 g/mol. The molecule has 1 heterocycles. The van der Waals surface area contributed by atoms with Crippen molar-refractivity contribution in [1.29, 1.82) is 0 Å². The Kier molecular flexibility index (Phi) is 4.96. The normalized spacial score (nSPS) is 13.5. The lowest BCUT2D eigenvalue weighted by molar-refractivity contribution is 0.311. The summed E-state index contributed by atoms with van der Waals surface area (Å²) >= 11 is 0. The third-order valence-corrected chi connectivity index (χ3v) is 6.60. The smallest absolute Gasteiger partial charge is 0.264 e. The van der Waals surface area contributed by atoms with Gasteiger partial charge in [-0.2, -0.15) is 0 Å². The van der Waals surface area contributed by atoms with Crippen molar-refractivity contribution in [2.75, 3.05) is 29.4 Å². The zero-order chi connectivity index (χ0) is 19.6. The zero-order valence-electron chi connectivity index (χ0n) is 15.7. The molecule has 3 aromatic rings. The van der Waals surface area contributed by atoms with Gasteiger partial charge in [0.05, 0.1) is 29.4 Å². The molecule has 0 radical (unpaired) electrons. The molecule has 0 fully saturated rings. The molecule has 0 spiro atoms. The fourth-order valence-electron chi connectivity index (χ4n) is 3.28. The summed E-state index contributed by atoms with van der Waals surface area (Å²) in [4.78, 5) is 2.27. The third kappa shape index (κ3) is 3.55. The fourth-order valence-corrected chi connectivity index (χ4v) is 4.75. The van der Waals surface area contributed by atoms with Crippen LogP contribution in [-0.4, -0.2) is 28.6 Å². The number of likely N-dealkylation sites (N-methyl/N-ethyl adjacent to an activating group) is 1. The van der Waals surface area contributed by atoms with Gasteiger partial charge in [0.15, 0.2) is 0 Å². The van der Waals surface area contributed by atoms with Crippen molar-refractivity contribution in [2.45, 2.75) is 11.4 Å². The van der Waals surface area contributed by atoms with E-state index in [1.54, 1.807) is 18.2 Å². The molecule has 144 valence electrons. The average molecular weight is 394 g/mol. The van der Waals surface area contributed by atoms with Crippen molar-refractivity contribution < 1.29 is 13.2 Å². The van der Waals surface area contributed by atoms with Crippen LogP contribution in [0.1, 0.15) is 5.56 Å². The Morgan fingerprint density at radius 2 is 1.64 bits per heavy atom. The number of benzene rings is 3. The van der Waals surface area contributed by atoms with Crippen LogP contribution in [0.4, 0.5) is 11.4 Å². The molecule has 0 unspecified atom stereocenters. The van der Waals surface area contributed by atoms with Gasteiger partial charge in [-0.3, -0.25) is 4.31 Å². The molecule has 3 aromatic carbocycles. The first kappa shape index (κ1) is 18.4. The zero-order valence-corrected chi connectivity index (χ0v) is 16.5. The van der Waals surface area contributed by atoms with Crippen molar-refractivity contribution in [3.05, 3.63) is 84.4 Å². The van der Waals surface area contributed by atoms with Crippen molar-refractivity contribution in [3.8, 4) is 5.75 Å². The van der Waals surface area contributed by atoms with E-state index in [9.17, 15) is 8.42 Å². The summed E-state index contributed by atoms with van der Waals surface area (Å²) in [5, 5.41) is 0. The number of nitrogens with zero attached hydrogens (tertiary/aromatic N) is 2. The van der Waals surface area contributed by atoms with E-state index in [-0.39, 0.29) is 11.4 Å². The van der Waals surface area contributed by atoms with Crippen LogP contribution < -0.4 is 13.9 Å². The van der Waals surface area contributed by atoms with Gasteiger partial charge in [-0.05, 0) is 35.9 Å². The van der Waals surface area contributed by atoms with E-state index in [1.807, 2.05) is 72.6 Å². The lowest BCUT2D eigenvalue weighted by atomic mass is 10.2. The summed E-state index contributed by atoms with van der Waals surface area (Å²) in [5.74, 6) is 0.710. The number of hydrogen-bond donors (Lipinski definition) is 0. The van der Waals surface area contributed by atoms with Gasteiger partial charge < -0.3 is 9.64 Å². The fraction of sp³-hybridized carbons (Fsp3) is 0.182. The van der Waals surface area contributed by atoms with Gasteiger partial charge in [-0.1, -0.05) is 48.5 Å². The Hall–Kier alpha value is -2.99. The van der Waals surface area contributed by atoms with Crippen LogP contribution in [0, 0.1) is 0 Å². The first-order valence-corrected chi connectivity index (χ1v) is 10.6. The number of para-hydroxylation sites is 1. The molecule has 0 saturated carbocycles. The number of sulfonamides is 1. The van der Waals surface area contributed by atoms with Gasteiger partial charge >= 0.3 is 0 Å². The number of ether oxygens (including phenoxy) is 1. The molecule has 1 aliphatic heterocycles. The van der Waals surface area contributed by atoms with Crippen LogP contribution in [0.2, 0.25) is 0 Å². The van der Waals surface area contributed by atoms with Crippen molar-refractivity contribution in [2.24, 2.45) is 0 Å². The minimum absolute atomic E-state index is 0.253. The van der Waals surface area contributed by atoms with Crippen LogP contribution in [-0.2, 0) is 16.6 Å². The highest BCUT2D eigenvalue weighted by atomic mass is 32.2. The van der Waals surface area contributed by atoms with Gasteiger partial charge in [-0.25, -0.2) is 8.42 Å². The molecule has 4 rings (SSSR count). The second kappa shape index (κ2) is 7.56. The lowest BCUT2D eigenvalue weighted by Crippen LogP contribution is -2.32. The predicted octanol–water partition coefficient (Wildman–Crippen LogP) is 3.91. The van der Waals surface area contributed by atoms with E-state index in [4.69, 9.17) is 4.74 Å². The molecular formula is C22H22N2O3S. The molecule has 0 atom stereocenters. The molecule has 0 bridgehead atoms. The molecule has 0 aliphatic carbocycles. The topological polar surface area (TPSA) is 49.9 Å². The number of anilines is 2. The first-order chi connectivity index (χ1) is 13.6. The van der Waals surface area contributed by atoms with Crippen molar-refractivity contribution in [3.63, 3.8) is 0 Å². The Morgan fingerprint density at radius 1 is 0.964 bits per heavy atom. The van der Waals surface area contributed by atoms with Crippen LogP contribution >= 0.6 is 0 Å². The standard InChI is InChI=1S/C22H22N2O3S/c1-23-14-15-27-22-13-12-20(16-21(22)23)28(25,26)24(19-10-6-3-7-11-19)17-18-8-4-2-5-9-18/h2-13,16H,14-15,17H2,1H3. The summed E-state index contributed by atoms with van der Waals surface area (Å²) in [6, 6.07) is 23.9. The SMILES string of the molecule is CN1CCOc2ccc(S(=O)(=O)N(Cc3ccccc3)c3ccccc3)cc21. The van der Waals surface area contributed by atoms with Crippen LogP contribution in [0.3, 0.4) is 0 Å². The van der Waals surface area contributed by atoms with Gasteiger partial charge in [0.2, 0.25) is 0 Å². The first-order valence-electron chi connectivity index (χ1n) is 9.15. The quantitative estimate of drug-likeness (QED) is 0.658. The van der Waals surface area contributed by atoms with E-state index in [0.717, 1.165) is 17.8 Å². The van der Waals surface area contributed by atoms with E-state index in [0.29, 0.717) is 18.0 Å². The highest BCUT2D eigenvalue weighted by Crippen LogP contribution is 2.35. The Morgan fingerprint density at radius 3 is 2.36 bits per heavy atom. The van der Waals surface area contributed by atoms with Gasteiger partial charge in [0.25, 0.3) is 10.0 Å². The summed E-state index contributed by atoms with van der Waals surface area (Å²) < 4.78 is 34.3. The van der Waals surface area contributed by atoms with Crippen molar-refractivity contribution >= 4 is 21.4 Å². The summed E-state index contributed by atoms with van der Waals surface area (Å²) in [5.41, 5.74) is 2.35. The van der Waals surface area contributed by atoms with Crippen LogP contribution in [0.5, 0.6) is 5.75 Å². The summed E-state index contributed by atoms with van der Waals surface area (Å²) in [6.45, 7) is 1.58. The molecule has 0 amide bonds. The minimum atomic E-state index is -3.76. The molecule has 5 nitrogen and oxygen atoms in total. The largest absolute Gasteiger partial charge is 0.490 e. The minimum Gasteiger partial charge on any atom is -0.490 e. The van der Waals surface area contributed by atoms with E-state index < -0.39 is 10.0 Å². The maximum Gasteiger partial charge on any atom is 0.264 e. The Balaban J connectivity index is 1.78. The van der Waals surface area contributed by atoms with E-state index >= 15 is 0 Å². The Bertz CT molecular complexity index is 1050. The lowest BCUT2D eigenvalue weighted by Gasteiger charge is -2.29. The maximum atomic E-state index is 13.6. The molecule has 6 heteroatoms. The van der Waals surface area contributed by atoms with Crippen LogP contribution in [0.25, 0.3) is 0 Å². The molecule has 0 saturated heterocycles. The van der Waals surface area contributed by atoms with Crippen LogP contribution in [0.15, 0.2) is 83.8 Å². The second-order valence-electron chi connectivity index (χ2n) is 6.73. The predicted molar refractivity (Wildman–Crippen MR) is 111 cm³/mol. The number of fused-ring (bicyclic) bond motifs is 1. The molecule has 1 aliphatic rings. The van der Waals surface area contributed by atoms with Gasteiger partial charge in [0, 0.05) is 7.05 Å². The average Bonchev–Trinajstić information content (AvgIpc) is 2.73. The number of rotatable bonds is 5. The van der Waals surface area contributed by atoms with E-state index in [2.05, 4.69) is 0 Å². The maximum absolute atomic E-state index is 13.6. The summed E-state index contributed by atoms with van der Waals surface area (Å²) in [7, 11) is -1.82. The Labute approximate surface area is 165 Å². The molecule has 28 heavy (non-hydrogen) atoms. The third-order valence-electron chi connectivity index (χ3n) is 4.83. The number of hydrogen-bond acceptors (Lipinski definition) is 4. The molecule has 0 N–H and O–H groups in total. The van der Waals surface area contributed by atoms with Gasteiger partial charge in [0.1, 0.15) is 12.4 Å².